The second-order valence-electron chi connectivity index (χ2n) is 3.79. The topological polar surface area (TPSA) is 32.7 Å². The normalized spacial score (nSPS) is 23.0. The Labute approximate surface area is 86.8 Å². The van der Waals surface area contributed by atoms with Crippen molar-refractivity contribution in [3.8, 4) is 0 Å². The molecule has 1 aliphatic rings. The van der Waals surface area contributed by atoms with Gasteiger partial charge < -0.3 is 14.7 Å². The molecule has 0 saturated carbocycles. The molecule has 1 saturated heterocycles. The highest BCUT2D eigenvalue weighted by molar-refractivity contribution is 4.76. The van der Waals surface area contributed by atoms with Gasteiger partial charge in [-0.05, 0) is 12.8 Å². The number of rotatable bonds is 3. The average molecular weight is 227 g/mol. The summed E-state index contributed by atoms with van der Waals surface area (Å²) < 4.78 is 41.2. The molecule has 0 aromatic rings. The zero-order valence-electron chi connectivity index (χ0n) is 8.63. The number of β-amino-alcohol motifs (C(OH)–C–C–N with tert-alkyl or cyclic N) is 1. The van der Waals surface area contributed by atoms with E-state index in [0.29, 0.717) is 13.1 Å². The van der Waals surface area contributed by atoms with Crippen LogP contribution in [-0.2, 0) is 4.74 Å². The van der Waals surface area contributed by atoms with Gasteiger partial charge in [0.25, 0.3) is 0 Å². The van der Waals surface area contributed by atoms with E-state index in [1.165, 1.54) is 0 Å². The van der Waals surface area contributed by atoms with Gasteiger partial charge in [0.05, 0.1) is 6.10 Å². The third kappa shape index (κ3) is 3.96. The summed E-state index contributed by atoms with van der Waals surface area (Å²) in [5.41, 5.74) is 0. The summed E-state index contributed by atoms with van der Waals surface area (Å²) >= 11 is 0. The summed E-state index contributed by atoms with van der Waals surface area (Å²) in [7, 11) is 1.60. The molecule has 90 valence electrons. The molecule has 1 aliphatic heterocycles. The molecule has 1 unspecified atom stereocenters. The lowest BCUT2D eigenvalue weighted by atomic mass is 10.1. The predicted molar refractivity (Wildman–Crippen MR) is 48.5 cm³/mol. The smallest absolute Gasteiger partial charge is 0.382 e. The first-order chi connectivity index (χ1) is 6.93. The number of ether oxygens (including phenoxy) is 1. The number of likely N-dealkylation sites (tertiary alicyclic amines) is 1. The van der Waals surface area contributed by atoms with Crippen LogP contribution in [-0.4, -0.2) is 55.1 Å². The molecule has 0 bridgehead atoms. The van der Waals surface area contributed by atoms with Crippen LogP contribution in [0.15, 0.2) is 0 Å². The minimum atomic E-state index is -4.52. The molecule has 0 aliphatic carbocycles. The van der Waals surface area contributed by atoms with Crippen molar-refractivity contribution in [1.82, 2.24) is 4.90 Å². The van der Waals surface area contributed by atoms with E-state index in [2.05, 4.69) is 0 Å². The number of halogens is 3. The molecule has 1 rings (SSSR count). The summed E-state index contributed by atoms with van der Waals surface area (Å²) in [5.74, 6) is 0. The summed E-state index contributed by atoms with van der Waals surface area (Å²) in [5, 5.41) is 8.86. The molecule has 0 radical (unpaired) electrons. The van der Waals surface area contributed by atoms with Gasteiger partial charge in [0.1, 0.15) is 0 Å². The number of methoxy groups -OCH3 is 1. The van der Waals surface area contributed by atoms with Gasteiger partial charge in [-0.1, -0.05) is 0 Å². The molecule has 0 amide bonds. The Morgan fingerprint density at radius 1 is 1.40 bits per heavy atom. The van der Waals surface area contributed by atoms with Crippen LogP contribution in [0.2, 0.25) is 0 Å². The lowest BCUT2D eigenvalue weighted by Gasteiger charge is -2.32. The number of alkyl halides is 3. The van der Waals surface area contributed by atoms with Crippen LogP contribution in [0.4, 0.5) is 13.2 Å². The molecular weight excluding hydrogens is 211 g/mol. The minimum absolute atomic E-state index is 0.143. The van der Waals surface area contributed by atoms with Crippen molar-refractivity contribution >= 4 is 0 Å². The molecule has 6 heteroatoms. The van der Waals surface area contributed by atoms with E-state index < -0.39 is 12.3 Å². The fourth-order valence-electron chi connectivity index (χ4n) is 1.68. The van der Waals surface area contributed by atoms with Crippen LogP contribution in [0.5, 0.6) is 0 Å². The van der Waals surface area contributed by atoms with E-state index in [4.69, 9.17) is 9.84 Å². The Hall–Kier alpha value is -0.330. The lowest BCUT2D eigenvalue weighted by molar-refractivity contribution is -0.209. The summed E-state index contributed by atoms with van der Waals surface area (Å²) in [6.07, 6.45) is -5.17. The van der Waals surface area contributed by atoms with Crippen LogP contribution >= 0.6 is 0 Å². The quantitative estimate of drug-likeness (QED) is 0.781. The van der Waals surface area contributed by atoms with Gasteiger partial charge >= 0.3 is 6.18 Å². The van der Waals surface area contributed by atoms with Crippen molar-refractivity contribution in [1.29, 1.82) is 0 Å². The summed E-state index contributed by atoms with van der Waals surface area (Å²) in [4.78, 5) is 1.62. The maximum Gasteiger partial charge on any atom is 0.415 e. The number of piperidine rings is 1. The SMILES string of the molecule is COC1CCN(CC(O)C(F)(F)F)CC1. The Bertz CT molecular complexity index is 190. The first-order valence-electron chi connectivity index (χ1n) is 4.93. The molecule has 15 heavy (non-hydrogen) atoms. The number of nitrogens with zero attached hydrogens (tertiary/aromatic N) is 1. The van der Waals surface area contributed by atoms with Gasteiger partial charge in [-0.2, -0.15) is 13.2 Å². The molecular formula is C9H16F3NO2. The third-order valence-electron chi connectivity index (χ3n) is 2.68. The Morgan fingerprint density at radius 3 is 2.33 bits per heavy atom. The van der Waals surface area contributed by atoms with Gasteiger partial charge in [0.2, 0.25) is 0 Å². The van der Waals surface area contributed by atoms with Crippen LogP contribution in [0.1, 0.15) is 12.8 Å². The number of aliphatic hydroxyl groups is 1. The number of hydrogen-bond donors (Lipinski definition) is 1. The molecule has 1 atom stereocenters. The van der Waals surface area contributed by atoms with Crippen molar-refractivity contribution in [2.45, 2.75) is 31.2 Å². The monoisotopic (exact) mass is 227 g/mol. The maximum absolute atomic E-state index is 12.0. The maximum atomic E-state index is 12.0. The zero-order valence-corrected chi connectivity index (χ0v) is 8.63. The van der Waals surface area contributed by atoms with E-state index in [0.717, 1.165) is 12.8 Å². The van der Waals surface area contributed by atoms with E-state index in [-0.39, 0.29) is 12.6 Å². The van der Waals surface area contributed by atoms with Crippen molar-refractivity contribution in [3.63, 3.8) is 0 Å². The average Bonchev–Trinajstić information content (AvgIpc) is 2.17. The van der Waals surface area contributed by atoms with Crippen LogP contribution in [0.3, 0.4) is 0 Å². The molecule has 0 aromatic heterocycles. The van der Waals surface area contributed by atoms with Gasteiger partial charge in [0.15, 0.2) is 6.10 Å². The van der Waals surface area contributed by atoms with Crippen molar-refractivity contribution < 1.29 is 23.0 Å². The Morgan fingerprint density at radius 2 is 1.93 bits per heavy atom. The fourth-order valence-corrected chi connectivity index (χ4v) is 1.68. The highest BCUT2D eigenvalue weighted by Gasteiger charge is 2.39. The first-order valence-corrected chi connectivity index (χ1v) is 4.93. The van der Waals surface area contributed by atoms with E-state index >= 15 is 0 Å². The number of aliphatic hydroxyl groups excluding tert-OH is 1. The van der Waals surface area contributed by atoms with E-state index in [1.54, 1.807) is 12.0 Å². The summed E-state index contributed by atoms with van der Waals surface area (Å²) in [6, 6.07) is 0. The second kappa shape index (κ2) is 5.14. The van der Waals surface area contributed by atoms with Crippen molar-refractivity contribution in [3.05, 3.63) is 0 Å². The first kappa shape index (κ1) is 12.7. The van der Waals surface area contributed by atoms with E-state index in [9.17, 15) is 13.2 Å². The van der Waals surface area contributed by atoms with Crippen molar-refractivity contribution in [2.75, 3.05) is 26.7 Å². The van der Waals surface area contributed by atoms with Crippen LogP contribution in [0.25, 0.3) is 0 Å². The highest BCUT2D eigenvalue weighted by Crippen LogP contribution is 2.22. The summed E-state index contributed by atoms with van der Waals surface area (Å²) in [6.45, 7) is 0.761. The molecule has 1 fully saturated rings. The van der Waals surface area contributed by atoms with Gasteiger partial charge in [-0.3, -0.25) is 0 Å². The second-order valence-corrected chi connectivity index (χ2v) is 3.79. The molecule has 3 nitrogen and oxygen atoms in total. The Kier molecular flexibility index (Phi) is 4.36. The standard InChI is InChI=1S/C9H16F3NO2/c1-15-7-2-4-13(5-3-7)6-8(14)9(10,11)12/h7-8,14H,2-6H2,1H3. The number of hydrogen-bond acceptors (Lipinski definition) is 3. The molecule has 0 spiro atoms. The zero-order chi connectivity index (χ0) is 11.5. The van der Waals surface area contributed by atoms with Gasteiger partial charge in [0, 0.05) is 26.7 Å². The Balaban J connectivity index is 2.29. The van der Waals surface area contributed by atoms with Crippen LogP contribution in [0, 0.1) is 0 Å². The molecule has 0 aromatic carbocycles. The minimum Gasteiger partial charge on any atom is -0.382 e. The van der Waals surface area contributed by atoms with Crippen LogP contribution < -0.4 is 0 Å². The predicted octanol–water partition coefficient (Wildman–Crippen LogP) is 1.02. The fraction of sp³-hybridized carbons (Fsp3) is 1.00. The van der Waals surface area contributed by atoms with Crippen molar-refractivity contribution in [2.24, 2.45) is 0 Å². The lowest BCUT2D eigenvalue weighted by Crippen LogP contribution is -2.45. The largest absolute Gasteiger partial charge is 0.415 e. The van der Waals surface area contributed by atoms with Gasteiger partial charge in [-0.15, -0.1) is 0 Å². The highest BCUT2D eigenvalue weighted by atomic mass is 19.4. The van der Waals surface area contributed by atoms with E-state index in [1.807, 2.05) is 0 Å². The molecule has 1 N–H and O–H groups in total. The molecule has 1 heterocycles. The van der Waals surface area contributed by atoms with Gasteiger partial charge in [-0.25, -0.2) is 0 Å². The third-order valence-corrected chi connectivity index (χ3v) is 2.68.